The summed E-state index contributed by atoms with van der Waals surface area (Å²) in [6, 6.07) is 8.56. The zero-order valence-electron chi connectivity index (χ0n) is 19.9. The molecular weight excluding hydrogens is 424 g/mol. The first-order valence-corrected chi connectivity index (χ1v) is 12.5. The molecule has 32 heavy (non-hydrogen) atoms. The number of alkyl halides is 1. The van der Waals surface area contributed by atoms with Crippen LogP contribution in [0, 0.1) is 5.92 Å². The van der Waals surface area contributed by atoms with Crippen LogP contribution in [-0.2, 0) is 19.1 Å². The van der Waals surface area contributed by atoms with Gasteiger partial charge in [-0.15, -0.1) is 11.6 Å². The summed E-state index contributed by atoms with van der Waals surface area (Å²) in [6.07, 6.45) is 13.8. The average molecular weight is 463 g/mol. The molecule has 0 N–H and O–H groups in total. The Morgan fingerprint density at radius 1 is 1.12 bits per heavy atom. The highest BCUT2D eigenvalue weighted by Gasteiger charge is 2.35. The average Bonchev–Trinajstić information content (AvgIpc) is 3.15. The maximum atomic E-state index is 11.6. The molecule has 4 atom stereocenters. The van der Waals surface area contributed by atoms with Crippen LogP contribution < -0.4 is 0 Å². The second kappa shape index (κ2) is 14.4. The number of ether oxygens (including phenoxy) is 2. The maximum Gasteiger partial charge on any atom is 0.305 e. The van der Waals surface area contributed by atoms with E-state index in [-0.39, 0.29) is 23.4 Å². The molecule has 0 aliphatic heterocycles. The maximum absolute atomic E-state index is 11.6. The highest BCUT2D eigenvalue weighted by atomic mass is 35.5. The number of benzene rings is 1. The number of unbranched alkanes of at least 4 members (excludes halogenated alkanes) is 3. The minimum Gasteiger partial charge on any atom is -0.469 e. The van der Waals surface area contributed by atoms with E-state index < -0.39 is 0 Å². The van der Waals surface area contributed by atoms with E-state index in [1.807, 2.05) is 0 Å². The van der Waals surface area contributed by atoms with E-state index in [2.05, 4.69) is 48.1 Å². The van der Waals surface area contributed by atoms with Gasteiger partial charge in [-0.1, -0.05) is 56.2 Å². The van der Waals surface area contributed by atoms with Crippen molar-refractivity contribution >= 4 is 23.5 Å². The van der Waals surface area contributed by atoms with Crippen molar-refractivity contribution in [1.29, 1.82) is 0 Å². The fourth-order valence-corrected chi connectivity index (χ4v) is 5.11. The Labute approximate surface area is 198 Å². The fraction of sp³-hybridized carbons (Fsp3) is 0.630. The Morgan fingerprint density at radius 2 is 1.88 bits per heavy atom. The van der Waals surface area contributed by atoms with Crippen molar-refractivity contribution in [3.63, 3.8) is 0 Å². The third kappa shape index (κ3) is 8.61. The summed E-state index contributed by atoms with van der Waals surface area (Å²) < 4.78 is 10.3. The molecule has 1 unspecified atom stereocenters. The standard InChI is InChI=1S/C27H39ClO4/c1-4-5-8-12-25(32-20(2)29)21-14-16-23(17-15-21)27-22(18-19-24(27)28)11-9-6-7-10-13-26(30)31-3/h6,9,14-17,22,24-25,27H,4-5,7-8,10-13,18-19H2,1-3H3/b9-6-/t22-,24+,25?,27-/m0/s1. The number of esters is 2. The molecule has 0 saturated heterocycles. The van der Waals surface area contributed by atoms with Crippen LogP contribution >= 0.6 is 11.6 Å². The molecule has 0 amide bonds. The molecule has 4 nitrogen and oxygen atoms in total. The lowest BCUT2D eigenvalue weighted by molar-refractivity contribution is -0.147. The van der Waals surface area contributed by atoms with Crippen LogP contribution in [0.2, 0.25) is 0 Å². The van der Waals surface area contributed by atoms with Gasteiger partial charge in [0.05, 0.1) is 7.11 Å². The lowest BCUT2D eigenvalue weighted by Crippen LogP contribution is -2.13. The predicted molar refractivity (Wildman–Crippen MR) is 130 cm³/mol. The third-order valence-electron chi connectivity index (χ3n) is 6.37. The van der Waals surface area contributed by atoms with Crippen LogP contribution in [0.5, 0.6) is 0 Å². The molecule has 0 aromatic heterocycles. The number of allylic oxidation sites excluding steroid dienone is 2. The van der Waals surface area contributed by atoms with Crippen LogP contribution in [0.25, 0.3) is 0 Å². The molecule has 0 heterocycles. The number of methoxy groups -OCH3 is 1. The van der Waals surface area contributed by atoms with Crippen molar-refractivity contribution in [3.05, 3.63) is 47.5 Å². The Morgan fingerprint density at radius 3 is 2.53 bits per heavy atom. The van der Waals surface area contributed by atoms with Crippen LogP contribution in [0.3, 0.4) is 0 Å². The summed E-state index contributed by atoms with van der Waals surface area (Å²) in [5.74, 6) is 0.473. The zero-order valence-corrected chi connectivity index (χ0v) is 20.6. The summed E-state index contributed by atoms with van der Waals surface area (Å²) in [4.78, 5) is 22.8. The van der Waals surface area contributed by atoms with E-state index in [1.165, 1.54) is 19.6 Å². The van der Waals surface area contributed by atoms with Crippen molar-refractivity contribution in [2.75, 3.05) is 7.11 Å². The number of carbonyl (C=O) groups is 2. The zero-order chi connectivity index (χ0) is 23.3. The van der Waals surface area contributed by atoms with E-state index in [0.717, 1.165) is 63.4 Å². The molecular formula is C27H39ClO4. The van der Waals surface area contributed by atoms with Crippen molar-refractivity contribution < 1.29 is 19.1 Å². The van der Waals surface area contributed by atoms with Crippen LogP contribution in [-0.4, -0.2) is 24.4 Å². The van der Waals surface area contributed by atoms with Gasteiger partial charge in [-0.05, 0) is 62.0 Å². The van der Waals surface area contributed by atoms with Crippen LogP contribution in [0.4, 0.5) is 0 Å². The normalized spacial score (nSPS) is 21.6. The predicted octanol–water partition coefficient (Wildman–Crippen LogP) is 7.26. The summed E-state index contributed by atoms with van der Waals surface area (Å²) >= 11 is 6.73. The number of hydrogen-bond donors (Lipinski definition) is 0. The fourth-order valence-electron chi connectivity index (χ4n) is 4.63. The first kappa shape index (κ1) is 26.4. The lowest BCUT2D eigenvalue weighted by atomic mass is 9.85. The minimum absolute atomic E-state index is 0.146. The van der Waals surface area contributed by atoms with Gasteiger partial charge in [0, 0.05) is 24.6 Å². The van der Waals surface area contributed by atoms with Gasteiger partial charge in [0.1, 0.15) is 6.10 Å². The smallest absolute Gasteiger partial charge is 0.305 e. The topological polar surface area (TPSA) is 52.6 Å². The molecule has 0 radical (unpaired) electrons. The molecule has 1 fully saturated rings. The van der Waals surface area contributed by atoms with Crippen molar-refractivity contribution in [1.82, 2.24) is 0 Å². The van der Waals surface area contributed by atoms with Crippen LogP contribution in [0.15, 0.2) is 36.4 Å². The monoisotopic (exact) mass is 462 g/mol. The van der Waals surface area contributed by atoms with Gasteiger partial charge in [0.25, 0.3) is 0 Å². The highest BCUT2D eigenvalue weighted by molar-refractivity contribution is 6.21. The van der Waals surface area contributed by atoms with Gasteiger partial charge in [0.2, 0.25) is 0 Å². The molecule has 0 spiro atoms. The largest absolute Gasteiger partial charge is 0.469 e. The number of rotatable bonds is 13. The molecule has 1 aromatic rings. The number of carbonyl (C=O) groups excluding carboxylic acids is 2. The van der Waals surface area contributed by atoms with Gasteiger partial charge in [0.15, 0.2) is 0 Å². The Balaban J connectivity index is 1.97. The summed E-state index contributed by atoms with van der Waals surface area (Å²) in [7, 11) is 1.43. The van der Waals surface area contributed by atoms with Crippen LogP contribution in [0.1, 0.15) is 101 Å². The summed E-state index contributed by atoms with van der Waals surface area (Å²) in [5.41, 5.74) is 2.33. The summed E-state index contributed by atoms with van der Waals surface area (Å²) in [5, 5.41) is 0.146. The van der Waals surface area contributed by atoms with Gasteiger partial charge in [-0.3, -0.25) is 9.59 Å². The SMILES string of the molecule is CCCCCC(OC(C)=O)c1ccc([C@@H]2[C@@H](C/C=C\CCCC(=O)OC)CC[C@H]2Cl)cc1. The second-order valence-electron chi connectivity index (χ2n) is 8.82. The molecule has 0 bridgehead atoms. The van der Waals surface area contributed by atoms with Gasteiger partial charge in [-0.25, -0.2) is 0 Å². The van der Waals surface area contributed by atoms with E-state index in [4.69, 9.17) is 16.3 Å². The Kier molecular flexibility index (Phi) is 11.9. The summed E-state index contributed by atoms with van der Waals surface area (Å²) in [6.45, 7) is 3.65. The van der Waals surface area contributed by atoms with E-state index >= 15 is 0 Å². The van der Waals surface area contributed by atoms with E-state index in [0.29, 0.717) is 18.3 Å². The molecule has 2 rings (SSSR count). The van der Waals surface area contributed by atoms with Gasteiger partial charge < -0.3 is 9.47 Å². The number of hydrogen-bond acceptors (Lipinski definition) is 4. The third-order valence-corrected chi connectivity index (χ3v) is 6.86. The van der Waals surface area contributed by atoms with E-state index in [9.17, 15) is 9.59 Å². The van der Waals surface area contributed by atoms with Crippen molar-refractivity contribution in [3.8, 4) is 0 Å². The molecule has 5 heteroatoms. The molecule has 1 aliphatic rings. The van der Waals surface area contributed by atoms with Crippen molar-refractivity contribution in [2.24, 2.45) is 5.92 Å². The highest BCUT2D eigenvalue weighted by Crippen LogP contribution is 2.45. The lowest BCUT2D eigenvalue weighted by Gasteiger charge is -2.23. The van der Waals surface area contributed by atoms with E-state index in [1.54, 1.807) is 0 Å². The van der Waals surface area contributed by atoms with Gasteiger partial charge in [-0.2, -0.15) is 0 Å². The van der Waals surface area contributed by atoms with Gasteiger partial charge >= 0.3 is 11.9 Å². The molecule has 1 saturated carbocycles. The Hall–Kier alpha value is -1.81. The minimum atomic E-state index is -0.231. The molecule has 178 valence electrons. The second-order valence-corrected chi connectivity index (χ2v) is 9.38. The first-order chi connectivity index (χ1) is 15.5. The molecule has 1 aromatic carbocycles. The Bertz CT molecular complexity index is 728. The molecule has 1 aliphatic carbocycles. The quantitative estimate of drug-likeness (QED) is 0.134. The first-order valence-electron chi connectivity index (χ1n) is 12.1. The van der Waals surface area contributed by atoms with Crippen molar-refractivity contribution in [2.45, 2.75) is 95.5 Å². The number of halogens is 1.